The van der Waals surface area contributed by atoms with E-state index < -0.39 is 0 Å². The highest BCUT2D eigenvalue weighted by atomic mass is 16.5. The molecule has 5 nitrogen and oxygen atoms in total. The van der Waals surface area contributed by atoms with E-state index in [0.717, 1.165) is 47.7 Å². The van der Waals surface area contributed by atoms with Crippen LogP contribution in [0, 0.1) is 0 Å². The topological polar surface area (TPSA) is 62.3 Å². The van der Waals surface area contributed by atoms with Crippen molar-refractivity contribution in [2.75, 3.05) is 20.8 Å². The smallest absolute Gasteiger partial charge is 0.163 e. The van der Waals surface area contributed by atoms with Gasteiger partial charge in [-0.25, -0.2) is 4.98 Å². The van der Waals surface area contributed by atoms with Crippen LogP contribution in [-0.4, -0.2) is 30.3 Å². The largest absolute Gasteiger partial charge is 0.493 e. The number of hydrogen-bond acceptors (Lipinski definition) is 4. The number of methoxy groups -OCH3 is 2. The van der Waals surface area contributed by atoms with Crippen molar-refractivity contribution in [3.63, 3.8) is 0 Å². The molecule has 128 valence electrons. The van der Waals surface area contributed by atoms with Crippen molar-refractivity contribution in [1.82, 2.24) is 9.55 Å². The highest BCUT2D eigenvalue weighted by Crippen LogP contribution is 2.32. The molecule has 0 amide bonds. The summed E-state index contributed by atoms with van der Waals surface area (Å²) >= 11 is 0. The number of benzene rings is 1. The molecule has 0 aliphatic rings. The van der Waals surface area contributed by atoms with E-state index in [-0.39, 0.29) is 0 Å². The monoisotopic (exact) mass is 319 g/mol. The van der Waals surface area contributed by atoms with Crippen molar-refractivity contribution in [3.8, 4) is 11.5 Å². The molecule has 0 fully saturated rings. The molecule has 0 aliphatic carbocycles. The first-order chi connectivity index (χ1) is 11.2. The van der Waals surface area contributed by atoms with Gasteiger partial charge in [-0.2, -0.15) is 0 Å². The van der Waals surface area contributed by atoms with Gasteiger partial charge < -0.3 is 19.8 Å². The van der Waals surface area contributed by atoms with E-state index in [1.165, 1.54) is 25.7 Å². The van der Waals surface area contributed by atoms with E-state index >= 15 is 0 Å². The predicted molar refractivity (Wildman–Crippen MR) is 94.4 cm³/mol. The second-order valence-corrected chi connectivity index (χ2v) is 5.83. The molecular weight excluding hydrogens is 290 g/mol. The summed E-state index contributed by atoms with van der Waals surface area (Å²) in [4.78, 5) is 4.80. The maximum absolute atomic E-state index is 5.67. The van der Waals surface area contributed by atoms with Gasteiger partial charge in [-0.05, 0) is 19.4 Å². The highest BCUT2D eigenvalue weighted by Gasteiger charge is 2.14. The van der Waals surface area contributed by atoms with Crippen molar-refractivity contribution in [2.45, 2.75) is 52.0 Å². The number of aromatic nitrogens is 2. The molecule has 2 N–H and O–H groups in total. The maximum atomic E-state index is 5.67. The van der Waals surface area contributed by atoms with Gasteiger partial charge in [-0.1, -0.05) is 26.2 Å². The lowest BCUT2D eigenvalue weighted by molar-refractivity contribution is 0.355. The van der Waals surface area contributed by atoms with Crippen LogP contribution >= 0.6 is 0 Å². The summed E-state index contributed by atoms with van der Waals surface area (Å²) in [6, 6.07) is 4.00. The molecule has 0 saturated carbocycles. The molecule has 0 aliphatic heterocycles. The fourth-order valence-corrected chi connectivity index (χ4v) is 2.90. The summed E-state index contributed by atoms with van der Waals surface area (Å²) in [6.07, 6.45) is 6.80. The number of aryl methyl sites for hydroxylation is 2. The van der Waals surface area contributed by atoms with Crippen LogP contribution in [0.2, 0.25) is 0 Å². The Bertz CT molecular complexity index is 622. The molecule has 0 unspecified atom stereocenters. The Kier molecular flexibility index (Phi) is 6.71. The van der Waals surface area contributed by atoms with Crippen molar-refractivity contribution >= 4 is 11.0 Å². The molecule has 0 radical (unpaired) electrons. The normalized spacial score (nSPS) is 11.1. The third-order valence-corrected chi connectivity index (χ3v) is 4.17. The molecule has 2 aromatic rings. The number of nitrogens with zero attached hydrogens (tertiary/aromatic N) is 2. The number of nitrogens with two attached hydrogens (primary N) is 1. The number of unbranched alkanes of at least 4 members (excludes halogenated alkanes) is 3. The van der Waals surface area contributed by atoms with Crippen LogP contribution in [0.4, 0.5) is 0 Å². The van der Waals surface area contributed by atoms with Crippen LogP contribution in [0.5, 0.6) is 11.5 Å². The van der Waals surface area contributed by atoms with Crippen molar-refractivity contribution in [1.29, 1.82) is 0 Å². The lowest BCUT2D eigenvalue weighted by Gasteiger charge is -2.11. The van der Waals surface area contributed by atoms with Crippen LogP contribution in [0.15, 0.2) is 12.1 Å². The Morgan fingerprint density at radius 3 is 2.43 bits per heavy atom. The van der Waals surface area contributed by atoms with Gasteiger partial charge in [-0.3, -0.25) is 0 Å². The van der Waals surface area contributed by atoms with E-state index in [2.05, 4.69) is 11.5 Å². The summed E-state index contributed by atoms with van der Waals surface area (Å²) in [7, 11) is 3.32. The van der Waals surface area contributed by atoms with Gasteiger partial charge in [0, 0.05) is 25.1 Å². The second kappa shape index (κ2) is 8.77. The Morgan fingerprint density at radius 2 is 1.78 bits per heavy atom. The Labute approximate surface area is 138 Å². The first kappa shape index (κ1) is 17.6. The van der Waals surface area contributed by atoms with E-state index in [0.29, 0.717) is 6.54 Å². The zero-order valence-electron chi connectivity index (χ0n) is 14.6. The molecule has 1 aromatic carbocycles. The van der Waals surface area contributed by atoms with Gasteiger partial charge in [0.25, 0.3) is 0 Å². The van der Waals surface area contributed by atoms with Gasteiger partial charge in [0.1, 0.15) is 5.82 Å². The maximum Gasteiger partial charge on any atom is 0.163 e. The lowest BCUT2D eigenvalue weighted by Crippen LogP contribution is -2.07. The predicted octanol–water partition coefficient (Wildman–Crippen LogP) is 3.53. The van der Waals surface area contributed by atoms with Gasteiger partial charge in [-0.15, -0.1) is 0 Å². The fraction of sp³-hybridized carbons (Fsp3) is 0.611. The molecule has 5 heteroatoms. The zero-order chi connectivity index (χ0) is 16.7. The number of hydrogen-bond donors (Lipinski definition) is 1. The average Bonchev–Trinajstić information content (AvgIpc) is 2.92. The SMILES string of the molecule is CCCCCCn1c(CCCN)nc2cc(OC)c(OC)cc21. The third kappa shape index (κ3) is 4.16. The molecular formula is C18H29N3O2. The Balaban J connectivity index is 2.36. The van der Waals surface area contributed by atoms with Crippen molar-refractivity contribution in [2.24, 2.45) is 5.73 Å². The molecule has 0 bridgehead atoms. The van der Waals surface area contributed by atoms with Gasteiger partial charge in [0.15, 0.2) is 11.5 Å². The number of rotatable bonds is 10. The average molecular weight is 319 g/mol. The first-order valence-electron chi connectivity index (χ1n) is 8.56. The van der Waals surface area contributed by atoms with Crippen LogP contribution in [0.1, 0.15) is 44.9 Å². The lowest BCUT2D eigenvalue weighted by atomic mass is 10.2. The molecule has 0 atom stereocenters. The van der Waals surface area contributed by atoms with E-state index in [1.54, 1.807) is 14.2 Å². The number of fused-ring (bicyclic) bond motifs is 1. The standard InChI is InChI=1S/C18H29N3O2/c1-4-5-6-7-11-21-15-13-17(23-3)16(22-2)12-14(15)20-18(21)9-8-10-19/h12-13H,4-11,19H2,1-3H3. The second-order valence-electron chi connectivity index (χ2n) is 5.83. The highest BCUT2D eigenvalue weighted by molar-refractivity contribution is 5.80. The zero-order valence-corrected chi connectivity index (χ0v) is 14.6. The van der Waals surface area contributed by atoms with Crippen molar-refractivity contribution in [3.05, 3.63) is 18.0 Å². The minimum absolute atomic E-state index is 0.686. The molecule has 0 saturated heterocycles. The molecule has 1 aromatic heterocycles. The summed E-state index contributed by atoms with van der Waals surface area (Å²) in [5.74, 6) is 2.58. The Morgan fingerprint density at radius 1 is 1.04 bits per heavy atom. The van der Waals surface area contributed by atoms with Crippen LogP contribution in [-0.2, 0) is 13.0 Å². The van der Waals surface area contributed by atoms with Gasteiger partial charge in [0.05, 0.1) is 25.3 Å². The molecule has 23 heavy (non-hydrogen) atoms. The Hall–Kier alpha value is -1.75. The molecule has 2 rings (SSSR count). The van der Waals surface area contributed by atoms with E-state index in [4.69, 9.17) is 20.2 Å². The summed E-state index contributed by atoms with van der Waals surface area (Å²) in [6.45, 7) is 3.91. The summed E-state index contributed by atoms with van der Waals surface area (Å²) < 4.78 is 13.2. The number of imidazole rings is 1. The van der Waals surface area contributed by atoms with Crippen LogP contribution in [0.3, 0.4) is 0 Å². The van der Waals surface area contributed by atoms with Crippen LogP contribution < -0.4 is 15.2 Å². The van der Waals surface area contributed by atoms with Crippen molar-refractivity contribution < 1.29 is 9.47 Å². The molecule has 1 heterocycles. The minimum atomic E-state index is 0.686. The quantitative estimate of drug-likeness (QED) is 0.681. The molecule has 0 spiro atoms. The van der Waals surface area contributed by atoms with Gasteiger partial charge >= 0.3 is 0 Å². The van der Waals surface area contributed by atoms with Gasteiger partial charge in [0.2, 0.25) is 0 Å². The third-order valence-electron chi connectivity index (χ3n) is 4.17. The fourth-order valence-electron chi connectivity index (χ4n) is 2.90. The minimum Gasteiger partial charge on any atom is -0.493 e. The first-order valence-corrected chi connectivity index (χ1v) is 8.56. The summed E-state index contributed by atoms with van der Waals surface area (Å²) in [5, 5.41) is 0. The summed E-state index contributed by atoms with van der Waals surface area (Å²) in [5.41, 5.74) is 7.75. The number of ether oxygens (including phenoxy) is 2. The van der Waals surface area contributed by atoms with Crippen LogP contribution in [0.25, 0.3) is 11.0 Å². The van der Waals surface area contributed by atoms with E-state index in [1.807, 2.05) is 12.1 Å². The van der Waals surface area contributed by atoms with E-state index in [9.17, 15) is 0 Å².